The van der Waals surface area contributed by atoms with E-state index in [1.165, 1.54) is 0 Å². The molecule has 1 unspecified atom stereocenters. The maximum atomic E-state index is 9.62. The van der Waals surface area contributed by atoms with E-state index in [9.17, 15) is 5.26 Å². The summed E-state index contributed by atoms with van der Waals surface area (Å²) in [6.45, 7) is 5.50. The van der Waals surface area contributed by atoms with Crippen molar-refractivity contribution in [2.75, 3.05) is 18.7 Å². The van der Waals surface area contributed by atoms with Crippen molar-refractivity contribution in [3.05, 3.63) is 35.7 Å². The largest absolute Gasteiger partial charge is 0.494 e. The van der Waals surface area contributed by atoms with Crippen molar-refractivity contribution in [1.82, 2.24) is 0 Å². The summed E-state index contributed by atoms with van der Waals surface area (Å²) >= 11 is 0. The van der Waals surface area contributed by atoms with Gasteiger partial charge >= 0.3 is 0 Å². The molecule has 1 aromatic carbocycles. The molecular weight excluding hydrogens is 348 g/mol. The molecule has 1 saturated heterocycles. The topological polar surface area (TPSA) is 121 Å². The highest BCUT2D eigenvalue weighted by Gasteiger charge is 2.40. The highest BCUT2D eigenvalue weighted by Crippen LogP contribution is 2.39. The molecule has 2 aliphatic heterocycles. The highest BCUT2D eigenvalue weighted by molar-refractivity contribution is 5.94. The number of rotatable bonds is 2. The lowest BCUT2D eigenvalue weighted by Gasteiger charge is -2.40. The van der Waals surface area contributed by atoms with E-state index in [-0.39, 0.29) is 11.5 Å². The number of nitrogens with zero attached hydrogens (tertiary/aromatic N) is 3. The van der Waals surface area contributed by atoms with E-state index in [0.717, 1.165) is 12.6 Å². The van der Waals surface area contributed by atoms with E-state index in [1.807, 2.05) is 38.1 Å². The molecule has 8 nitrogen and oxygen atoms in total. The summed E-state index contributed by atoms with van der Waals surface area (Å²) in [6.07, 6.45) is 0.690. The van der Waals surface area contributed by atoms with Crippen LogP contribution in [0.25, 0.3) is 0 Å². The minimum atomic E-state index is -0.833. The van der Waals surface area contributed by atoms with Crippen molar-refractivity contribution in [3.63, 3.8) is 0 Å². The fourth-order valence-corrected chi connectivity index (χ4v) is 3.00. The Morgan fingerprint density at radius 3 is 2.70 bits per heavy atom. The number of carboxylic acid groups (broad SMARTS) is 1. The number of nitriles is 1. The Kier molecular flexibility index (Phi) is 6.08. The van der Waals surface area contributed by atoms with E-state index >= 15 is 0 Å². The Labute approximate surface area is 158 Å². The third-order valence-corrected chi connectivity index (χ3v) is 4.22. The number of carboxylic acids is 1. The Bertz CT molecular complexity index is 819. The molecule has 0 bridgehead atoms. The number of fused-ring (bicyclic) bond motifs is 1. The van der Waals surface area contributed by atoms with Gasteiger partial charge in [-0.25, -0.2) is 5.01 Å². The molecule has 8 heteroatoms. The summed E-state index contributed by atoms with van der Waals surface area (Å²) < 4.78 is 11.2. The second-order valence-electron chi connectivity index (χ2n) is 6.81. The SMILES string of the molecule is CC(=O)O.COc1ccccc1N1N=C2COC(C)(C)CC2C(C#N)=C1N. The summed E-state index contributed by atoms with van der Waals surface area (Å²) in [6, 6.07) is 9.71. The van der Waals surface area contributed by atoms with Gasteiger partial charge in [-0.1, -0.05) is 12.1 Å². The molecule has 3 N–H and O–H groups in total. The highest BCUT2D eigenvalue weighted by atomic mass is 16.5. The molecule has 27 heavy (non-hydrogen) atoms. The monoisotopic (exact) mass is 372 g/mol. The Hall–Kier alpha value is -3.05. The van der Waals surface area contributed by atoms with Gasteiger partial charge in [-0.15, -0.1) is 0 Å². The van der Waals surface area contributed by atoms with Gasteiger partial charge in [0.25, 0.3) is 5.97 Å². The number of carbonyl (C=O) groups is 1. The molecule has 0 spiro atoms. The van der Waals surface area contributed by atoms with E-state index < -0.39 is 5.97 Å². The van der Waals surface area contributed by atoms with Crippen LogP contribution >= 0.6 is 0 Å². The van der Waals surface area contributed by atoms with Crippen LogP contribution in [0.4, 0.5) is 5.69 Å². The second-order valence-corrected chi connectivity index (χ2v) is 6.81. The van der Waals surface area contributed by atoms with Crippen LogP contribution in [-0.4, -0.2) is 36.1 Å². The van der Waals surface area contributed by atoms with Crippen LogP contribution in [0.5, 0.6) is 5.75 Å². The van der Waals surface area contributed by atoms with Crippen LogP contribution in [0.2, 0.25) is 0 Å². The Morgan fingerprint density at radius 1 is 1.48 bits per heavy atom. The molecule has 1 fully saturated rings. The molecule has 2 heterocycles. The molecular formula is C19H24N4O4. The summed E-state index contributed by atoms with van der Waals surface area (Å²) in [7, 11) is 1.59. The van der Waals surface area contributed by atoms with Crippen molar-refractivity contribution in [2.24, 2.45) is 16.8 Å². The van der Waals surface area contributed by atoms with Crippen LogP contribution in [0, 0.1) is 17.2 Å². The number of hydrogen-bond acceptors (Lipinski definition) is 7. The first kappa shape index (κ1) is 20.3. The number of benzene rings is 1. The van der Waals surface area contributed by atoms with Crippen molar-refractivity contribution in [3.8, 4) is 11.8 Å². The van der Waals surface area contributed by atoms with Gasteiger partial charge in [-0.3, -0.25) is 4.79 Å². The molecule has 0 radical (unpaired) electrons. The smallest absolute Gasteiger partial charge is 0.300 e. The molecule has 0 saturated carbocycles. The van der Waals surface area contributed by atoms with Gasteiger partial charge in [0.15, 0.2) is 0 Å². The number of hydrazone groups is 1. The summed E-state index contributed by atoms with van der Waals surface area (Å²) in [5.74, 6) is 0.0748. The quantitative estimate of drug-likeness (QED) is 0.818. The van der Waals surface area contributed by atoms with Gasteiger partial charge in [-0.2, -0.15) is 10.4 Å². The number of para-hydroxylation sites is 2. The minimum absolute atomic E-state index is 0.0882. The number of ether oxygens (including phenoxy) is 2. The Balaban J connectivity index is 0.000000596. The van der Waals surface area contributed by atoms with Gasteiger partial charge in [-0.05, 0) is 32.4 Å². The molecule has 3 rings (SSSR count). The standard InChI is InChI=1S/C17H20N4O2.C2H4O2/c1-17(2)8-11-12(9-18)16(19)21(20-13(11)10-23-17)14-6-4-5-7-15(14)22-3;1-2(3)4/h4-7,11H,8,10,19H2,1-3H3;1H3,(H,3,4). The Morgan fingerprint density at radius 2 is 2.11 bits per heavy atom. The van der Waals surface area contributed by atoms with Crippen molar-refractivity contribution in [2.45, 2.75) is 32.8 Å². The predicted octanol–water partition coefficient (Wildman–Crippen LogP) is 2.47. The van der Waals surface area contributed by atoms with Crippen molar-refractivity contribution in [1.29, 1.82) is 5.26 Å². The average Bonchev–Trinajstić information content (AvgIpc) is 2.60. The van der Waals surface area contributed by atoms with Gasteiger partial charge < -0.3 is 20.3 Å². The lowest BCUT2D eigenvalue weighted by Crippen LogP contribution is -2.45. The predicted molar refractivity (Wildman–Crippen MR) is 101 cm³/mol. The first-order chi connectivity index (χ1) is 12.7. The van der Waals surface area contributed by atoms with Crippen molar-refractivity contribution < 1.29 is 19.4 Å². The molecule has 0 aliphatic carbocycles. The van der Waals surface area contributed by atoms with Gasteiger partial charge in [0, 0.05) is 12.8 Å². The van der Waals surface area contributed by atoms with Crippen LogP contribution in [0.15, 0.2) is 40.8 Å². The fourth-order valence-electron chi connectivity index (χ4n) is 3.00. The summed E-state index contributed by atoms with van der Waals surface area (Å²) in [5, 5.41) is 23.2. The number of anilines is 1. The molecule has 0 aromatic heterocycles. The first-order valence-corrected chi connectivity index (χ1v) is 8.44. The van der Waals surface area contributed by atoms with Crippen molar-refractivity contribution >= 4 is 17.4 Å². The van der Waals surface area contributed by atoms with E-state index in [2.05, 4.69) is 11.2 Å². The average molecular weight is 372 g/mol. The molecule has 0 amide bonds. The van der Waals surface area contributed by atoms with Crippen LogP contribution in [0.3, 0.4) is 0 Å². The maximum absolute atomic E-state index is 9.62. The number of aliphatic carboxylic acids is 1. The number of allylic oxidation sites excluding steroid dienone is 1. The van der Waals surface area contributed by atoms with E-state index in [1.54, 1.807) is 12.1 Å². The molecule has 144 valence electrons. The van der Waals surface area contributed by atoms with Gasteiger partial charge in [0.1, 0.15) is 17.3 Å². The number of hydrogen-bond donors (Lipinski definition) is 2. The zero-order chi connectivity index (χ0) is 20.2. The number of nitrogens with two attached hydrogens (primary N) is 1. The van der Waals surface area contributed by atoms with Crippen LogP contribution in [-0.2, 0) is 9.53 Å². The zero-order valence-electron chi connectivity index (χ0n) is 15.9. The molecule has 1 aromatic rings. The van der Waals surface area contributed by atoms with Crippen LogP contribution in [0.1, 0.15) is 27.2 Å². The second kappa shape index (κ2) is 8.10. The van der Waals surface area contributed by atoms with Gasteiger partial charge in [0.2, 0.25) is 0 Å². The van der Waals surface area contributed by atoms with Gasteiger partial charge in [0.05, 0.1) is 36.7 Å². The summed E-state index contributed by atoms with van der Waals surface area (Å²) in [5.41, 5.74) is 8.04. The van der Waals surface area contributed by atoms with E-state index in [4.69, 9.17) is 25.1 Å². The van der Waals surface area contributed by atoms with E-state index in [0.29, 0.717) is 35.9 Å². The third-order valence-electron chi connectivity index (χ3n) is 4.22. The van der Waals surface area contributed by atoms with Crippen LogP contribution < -0.4 is 15.5 Å². The first-order valence-electron chi connectivity index (χ1n) is 8.44. The lowest BCUT2D eigenvalue weighted by molar-refractivity contribution is -0.134. The minimum Gasteiger partial charge on any atom is -0.494 e. The summed E-state index contributed by atoms with van der Waals surface area (Å²) in [4.78, 5) is 9.00. The normalized spacial score (nSPS) is 20.5. The number of methoxy groups -OCH3 is 1. The molecule has 2 aliphatic rings. The molecule has 1 atom stereocenters. The maximum Gasteiger partial charge on any atom is 0.300 e. The lowest BCUT2D eigenvalue weighted by atomic mass is 9.81. The zero-order valence-corrected chi connectivity index (χ0v) is 15.9. The third kappa shape index (κ3) is 4.57. The fraction of sp³-hybridized carbons (Fsp3) is 0.421.